The van der Waals surface area contributed by atoms with Crippen LogP contribution in [0.2, 0.25) is 5.02 Å². The Morgan fingerprint density at radius 2 is 1.85 bits per heavy atom. The summed E-state index contributed by atoms with van der Waals surface area (Å²) in [6.45, 7) is 0.107. The summed E-state index contributed by atoms with van der Waals surface area (Å²) in [7, 11) is 1.45. The Morgan fingerprint density at radius 3 is 2.68 bits per heavy atom. The lowest BCUT2D eigenvalue weighted by Crippen LogP contribution is -2.09. The molecule has 34 heavy (non-hydrogen) atoms. The average molecular weight is 478 g/mol. The van der Waals surface area contributed by atoms with Gasteiger partial charge in [-0.25, -0.2) is 14.6 Å². The van der Waals surface area contributed by atoms with Crippen molar-refractivity contribution in [2.24, 2.45) is 4.99 Å². The maximum Gasteiger partial charge on any atom is 0.363 e. The van der Waals surface area contributed by atoms with Crippen molar-refractivity contribution in [2.45, 2.75) is 0 Å². The van der Waals surface area contributed by atoms with Gasteiger partial charge in [0.15, 0.2) is 28.7 Å². The fourth-order valence-electron chi connectivity index (χ4n) is 3.36. The van der Waals surface area contributed by atoms with Crippen LogP contribution in [0, 0.1) is 0 Å². The van der Waals surface area contributed by atoms with Crippen LogP contribution in [0.15, 0.2) is 71.4 Å². The van der Waals surface area contributed by atoms with Gasteiger partial charge in [-0.05, 0) is 54.1 Å². The van der Waals surface area contributed by atoms with E-state index in [1.807, 2.05) is 0 Å². The molecule has 0 unspecified atom stereocenters. The van der Waals surface area contributed by atoms with Crippen LogP contribution >= 0.6 is 11.6 Å². The molecule has 0 radical (unpaired) electrons. The lowest BCUT2D eigenvalue weighted by atomic mass is 10.1. The van der Waals surface area contributed by atoms with Gasteiger partial charge in [0.05, 0.1) is 23.3 Å². The number of hydrogen-bond acceptors (Lipinski definition) is 8. The maximum atomic E-state index is 12.6. The van der Waals surface area contributed by atoms with Crippen LogP contribution in [-0.4, -0.2) is 31.7 Å². The number of fused-ring (bicyclic) bond motifs is 1. The minimum absolute atomic E-state index is 0.0991. The number of carbonyl (C=O) groups excluding carboxylic acids is 2. The molecule has 0 spiro atoms. The molecule has 0 aliphatic carbocycles. The third-order valence-corrected chi connectivity index (χ3v) is 5.36. The van der Waals surface area contributed by atoms with Crippen LogP contribution in [0.25, 0.3) is 6.08 Å². The molecule has 0 amide bonds. The number of aliphatic imine (C=N–C) groups is 1. The molecule has 2 aliphatic heterocycles. The predicted octanol–water partition coefficient (Wildman–Crippen LogP) is 4.64. The van der Waals surface area contributed by atoms with Gasteiger partial charge in [0.2, 0.25) is 12.7 Å². The van der Waals surface area contributed by atoms with Gasteiger partial charge in [0.1, 0.15) is 0 Å². The summed E-state index contributed by atoms with van der Waals surface area (Å²) < 4.78 is 26.7. The second-order valence-electron chi connectivity index (χ2n) is 7.18. The number of rotatable bonds is 5. The van der Waals surface area contributed by atoms with E-state index in [0.717, 1.165) is 0 Å². The van der Waals surface area contributed by atoms with Gasteiger partial charge in [-0.1, -0.05) is 29.8 Å². The fourth-order valence-corrected chi connectivity index (χ4v) is 3.57. The molecule has 9 heteroatoms. The molecule has 170 valence electrons. The van der Waals surface area contributed by atoms with E-state index in [1.165, 1.54) is 13.2 Å². The molecule has 0 atom stereocenters. The zero-order valence-electron chi connectivity index (χ0n) is 17.7. The average Bonchev–Trinajstić information content (AvgIpc) is 3.46. The minimum atomic E-state index is -0.604. The number of halogens is 1. The van der Waals surface area contributed by atoms with E-state index in [1.54, 1.807) is 60.7 Å². The third-order valence-electron chi connectivity index (χ3n) is 5.03. The highest BCUT2D eigenvalue weighted by atomic mass is 35.5. The normalized spacial score (nSPS) is 15.2. The Bertz CT molecular complexity index is 1380. The number of hydrogen-bond donors (Lipinski definition) is 0. The van der Waals surface area contributed by atoms with Gasteiger partial charge < -0.3 is 23.7 Å². The molecule has 2 aliphatic rings. The van der Waals surface area contributed by atoms with E-state index in [2.05, 4.69) is 4.99 Å². The number of cyclic esters (lactones) is 1. The van der Waals surface area contributed by atoms with Crippen LogP contribution in [0.1, 0.15) is 21.5 Å². The summed E-state index contributed by atoms with van der Waals surface area (Å²) in [6.07, 6.45) is 1.54. The molecule has 0 bridgehead atoms. The van der Waals surface area contributed by atoms with E-state index >= 15 is 0 Å². The van der Waals surface area contributed by atoms with E-state index in [0.29, 0.717) is 39.0 Å². The molecule has 3 aromatic carbocycles. The van der Waals surface area contributed by atoms with Crippen molar-refractivity contribution in [3.8, 4) is 23.0 Å². The summed E-state index contributed by atoms with van der Waals surface area (Å²) in [6, 6.07) is 16.6. The SMILES string of the molecule is COc1cc(/C=C2\N=C(c3ccccc3Cl)OC2=O)ccc1OC(=O)c1ccc2c(c1)OCO2. The zero-order valence-corrected chi connectivity index (χ0v) is 18.5. The molecule has 3 aromatic rings. The molecule has 0 fully saturated rings. The Balaban J connectivity index is 1.37. The number of carbonyl (C=O) groups is 2. The number of nitrogens with zero attached hydrogens (tertiary/aromatic N) is 1. The van der Waals surface area contributed by atoms with Gasteiger partial charge in [-0.2, -0.15) is 0 Å². The van der Waals surface area contributed by atoms with E-state index in [4.69, 9.17) is 35.3 Å². The van der Waals surface area contributed by atoms with Crippen LogP contribution in [0.3, 0.4) is 0 Å². The lowest BCUT2D eigenvalue weighted by Gasteiger charge is -2.10. The van der Waals surface area contributed by atoms with Gasteiger partial charge in [-0.3, -0.25) is 0 Å². The fraction of sp³-hybridized carbons (Fsp3) is 0.0800. The Morgan fingerprint density at radius 1 is 1.03 bits per heavy atom. The van der Waals surface area contributed by atoms with Crippen LogP contribution in [0.4, 0.5) is 0 Å². The second kappa shape index (κ2) is 8.92. The van der Waals surface area contributed by atoms with E-state index in [-0.39, 0.29) is 24.1 Å². The summed E-state index contributed by atoms with van der Waals surface area (Å²) in [5.41, 5.74) is 1.51. The molecule has 0 aromatic heterocycles. The molecular formula is C25H16ClNO7. The van der Waals surface area contributed by atoms with Crippen LogP contribution in [-0.2, 0) is 9.53 Å². The minimum Gasteiger partial charge on any atom is -0.493 e. The monoisotopic (exact) mass is 477 g/mol. The largest absolute Gasteiger partial charge is 0.493 e. The maximum absolute atomic E-state index is 12.6. The molecule has 0 saturated carbocycles. The van der Waals surface area contributed by atoms with Gasteiger partial charge >= 0.3 is 11.9 Å². The number of benzene rings is 3. The topological polar surface area (TPSA) is 92.7 Å². The first-order valence-electron chi connectivity index (χ1n) is 10.1. The van der Waals surface area contributed by atoms with Crippen molar-refractivity contribution >= 4 is 35.5 Å². The molecular weight excluding hydrogens is 462 g/mol. The number of esters is 2. The van der Waals surface area contributed by atoms with E-state index in [9.17, 15) is 9.59 Å². The first-order valence-corrected chi connectivity index (χ1v) is 10.5. The predicted molar refractivity (Wildman–Crippen MR) is 123 cm³/mol. The quantitative estimate of drug-likeness (QED) is 0.300. The smallest absolute Gasteiger partial charge is 0.363 e. The summed E-state index contributed by atoms with van der Waals surface area (Å²) in [5, 5.41) is 0.422. The summed E-state index contributed by atoms with van der Waals surface area (Å²) in [4.78, 5) is 29.2. The highest BCUT2D eigenvalue weighted by molar-refractivity contribution is 6.34. The highest BCUT2D eigenvalue weighted by Gasteiger charge is 2.26. The van der Waals surface area contributed by atoms with Crippen molar-refractivity contribution in [1.29, 1.82) is 0 Å². The molecule has 5 rings (SSSR count). The van der Waals surface area contributed by atoms with Crippen molar-refractivity contribution < 1.29 is 33.3 Å². The van der Waals surface area contributed by atoms with E-state index < -0.39 is 11.9 Å². The number of ether oxygens (including phenoxy) is 5. The summed E-state index contributed by atoms with van der Waals surface area (Å²) >= 11 is 6.17. The first kappa shape index (κ1) is 21.5. The van der Waals surface area contributed by atoms with Gasteiger partial charge in [0.25, 0.3) is 0 Å². The van der Waals surface area contributed by atoms with Crippen LogP contribution in [0.5, 0.6) is 23.0 Å². The molecule has 8 nitrogen and oxygen atoms in total. The van der Waals surface area contributed by atoms with Crippen LogP contribution < -0.4 is 18.9 Å². The van der Waals surface area contributed by atoms with Gasteiger partial charge in [-0.15, -0.1) is 0 Å². The Kier molecular flexibility index (Phi) is 5.65. The zero-order chi connectivity index (χ0) is 23.7. The molecule has 2 heterocycles. The summed E-state index contributed by atoms with van der Waals surface area (Å²) in [5.74, 6) is 0.485. The van der Waals surface area contributed by atoms with Crippen molar-refractivity contribution in [2.75, 3.05) is 13.9 Å². The highest BCUT2D eigenvalue weighted by Crippen LogP contribution is 2.34. The number of methoxy groups -OCH3 is 1. The van der Waals surface area contributed by atoms with Crippen molar-refractivity contribution in [3.05, 3.63) is 88.1 Å². The van der Waals surface area contributed by atoms with Crippen molar-refractivity contribution in [3.63, 3.8) is 0 Å². The van der Waals surface area contributed by atoms with Crippen molar-refractivity contribution in [1.82, 2.24) is 0 Å². The lowest BCUT2D eigenvalue weighted by molar-refractivity contribution is -0.129. The molecule has 0 saturated heterocycles. The first-order chi connectivity index (χ1) is 16.5. The third kappa shape index (κ3) is 4.18. The second-order valence-corrected chi connectivity index (χ2v) is 7.59. The Labute approximate surface area is 198 Å². The molecule has 0 N–H and O–H groups in total. The van der Waals surface area contributed by atoms with Gasteiger partial charge in [0, 0.05) is 0 Å². The Hall–Kier alpha value is -4.30. The standard InChI is InChI=1S/C25H16ClNO7/c1-30-21-11-14(10-18-25(29)34-23(27-18)16-4-2-3-5-17(16)26)6-8-20(21)33-24(28)15-7-9-19-22(12-15)32-13-31-19/h2-12H,13H2,1H3/b18-10-.